The highest BCUT2D eigenvalue weighted by Gasteiger charge is 2.37. The van der Waals surface area contributed by atoms with E-state index in [4.69, 9.17) is 0 Å². The molecule has 0 spiro atoms. The molecule has 1 aromatic carbocycles. The van der Waals surface area contributed by atoms with E-state index >= 15 is 0 Å². The number of amides is 1. The van der Waals surface area contributed by atoms with Gasteiger partial charge in [-0.15, -0.1) is 0 Å². The number of nitrogens with one attached hydrogen (secondary N) is 1. The van der Waals surface area contributed by atoms with Gasteiger partial charge in [-0.2, -0.15) is 11.8 Å². The molecule has 1 heterocycles. The van der Waals surface area contributed by atoms with Crippen molar-refractivity contribution >= 4 is 17.7 Å². The van der Waals surface area contributed by atoms with Crippen LogP contribution >= 0.6 is 11.8 Å². The zero-order valence-electron chi connectivity index (χ0n) is 12.0. The zero-order chi connectivity index (χ0) is 14.4. The molecule has 0 aliphatic carbocycles. The third kappa shape index (κ3) is 4.25. The summed E-state index contributed by atoms with van der Waals surface area (Å²) in [5, 5.41) is 13.3. The summed E-state index contributed by atoms with van der Waals surface area (Å²) < 4.78 is 0. The number of aliphatic hydroxyl groups is 1. The predicted molar refractivity (Wildman–Crippen MR) is 83.9 cm³/mol. The van der Waals surface area contributed by atoms with Crippen molar-refractivity contribution in [1.29, 1.82) is 0 Å². The quantitative estimate of drug-likeness (QED) is 0.876. The highest BCUT2D eigenvalue weighted by atomic mass is 32.2. The van der Waals surface area contributed by atoms with E-state index in [0.29, 0.717) is 12.8 Å². The number of carbonyl (C=O) groups is 1. The Bertz CT molecular complexity index is 429. The van der Waals surface area contributed by atoms with Gasteiger partial charge in [-0.25, -0.2) is 0 Å². The lowest BCUT2D eigenvalue weighted by molar-refractivity contribution is -0.141. The van der Waals surface area contributed by atoms with Crippen molar-refractivity contribution in [2.75, 3.05) is 11.5 Å². The molecule has 1 fully saturated rings. The Balaban J connectivity index is 1.79. The number of thioether (sulfide) groups is 1. The van der Waals surface area contributed by atoms with Crippen LogP contribution in [0.25, 0.3) is 0 Å². The summed E-state index contributed by atoms with van der Waals surface area (Å²) in [4.78, 5) is 12.2. The van der Waals surface area contributed by atoms with Crippen molar-refractivity contribution < 1.29 is 9.90 Å². The summed E-state index contributed by atoms with van der Waals surface area (Å²) in [7, 11) is 0. The van der Waals surface area contributed by atoms with Gasteiger partial charge in [-0.3, -0.25) is 4.79 Å². The average Bonchev–Trinajstić information content (AvgIpc) is 2.47. The van der Waals surface area contributed by atoms with Gasteiger partial charge >= 0.3 is 0 Å². The fraction of sp³-hybridized carbons (Fsp3) is 0.562. The molecule has 1 aliphatic rings. The SMILES string of the molecule is CC(CCc1ccccc1)NC(=O)C1(O)CCSCC1. The van der Waals surface area contributed by atoms with Gasteiger partial charge in [-0.05, 0) is 49.7 Å². The van der Waals surface area contributed by atoms with Crippen molar-refractivity contribution in [2.24, 2.45) is 0 Å². The monoisotopic (exact) mass is 293 g/mol. The van der Waals surface area contributed by atoms with Gasteiger partial charge in [0, 0.05) is 6.04 Å². The lowest BCUT2D eigenvalue weighted by Gasteiger charge is -2.31. The van der Waals surface area contributed by atoms with E-state index in [1.165, 1.54) is 5.56 Å². The smallest absolute Gasteiger partial charge is 0.252 e. The van der Waals surface area contributed by atoms with Crippen molar-refractivity contribution in [3.8, 4) is 0 Å². The van der Waals surface area contributed by atoms with Crippen LogP contribution < -0.4 is 5.32 Å². The summed E-state index contributed by atoms with van der Waals surface area (Å²) in [6.07, 6.45) is 2.96. The molecule has 3 nitrogen and oxygen atoms in total. The molecule has 0 aromatic heterocycles. The number of benzene rings is 1. The van der Waals surface area contributed by atoms with E-state index in [-0.39, 0.29) is 11.9 Å². The summed E-state index contributed by atoms with van der Waals surface area (Å²) in [6, 6.07) is 10.3. The van der Waals surface area contributed by atoms with E-state index in [2.05, 4.69) is 17.4 Å². The molecule has 0 radical (unpaired) electrons. The molecule has 1 amide bonds. The van der Waals surface area contributed by atoms with Crippen molar-refractivity contribution in [1.82, 2.24) is 5.32 Å². The lowest BCUT2D eigenvalue weighted by Crippen LogP contribution is -2.51. The molecule has 1 aromatic rings. The Morgan fingerprint density at radius 3 is 2.65 bits per heavy atom. The van der Waals surface area contributed by atoms with Gasteiger partial charge in [0.25, 0.3) is 5.91 Å². The zero-order valence-corrected chi connectivity index (χ0v) is 12.8. The largest absolute Gasteiger partial charge is 0.380 e. The molecule has 1 atom stereocenters. The Labute approximate surface area is 125 Å². The molecule has 1 saturated heterocycles. The van der Waals surface area contributed by atoms with E-state index in [1.807, 2.05) is 25.1 Å². The minimum absolute atomic E-state index is 0.0845. The maximum atomic E-state index is 12.2. The van der Waals surface area contributed by atoms with Gasteiger partial charge in [0.15, 0.2) is 0 Å². The molecule has 2 N–H and O–H groups in total. The first kappa shape index (κ1) is 15.4. The van der Waals surface area contributed by atoms with Crippen LogP contribution in [0, 0.1) is 0 Å². The van der Waals surface area contributed by atoms with E-state index in [9.17, 15) is 9.90 Å². The molecular formula is C16H23NO2S. The summed E-state index contributed by atoms with van der Waals surface area (Å²) in [5.74, 6) is 1.53. The predicted octanol–water partition coefficient (Wildman–Crippen LogP) is 2.38. The minimum atomic E-state index is -1.15. The number of carbonyl (C=O) groups excluding carboxylic acids is 1. The van der Waals surface area contributed by atoms with Crippen LogP contribution in [-0.4, -0.2) is 34.2 Å². The molecule has 4 heteroatoms. The van der Waals surface area contributed by atoms with Crippen LogP contribution in [0.4, 0.5) is 0 Å². The fourth-order valence-corrected chi connectivity index (χ4v) is 3.56. The molecular weight excluding hydrogens is 270 g/mol. The van der Waals surface area contributed by atoms with Crippen molar-refractivity contribution in [3.05, 3.63) is 35.9 Å². The van der Waals surface area contributed by atoms with Gasteiger partial charge in [0.2, 0.25) is 0 Å². The average molecular weight is 293 g/mol. The third-order valence-corrected chi connectivity index (χ3v) is 4.81. The van der Waals surface area contributed by atoms with Crippen LogP contribution in [0.1, 0.15) is 31.7 Å². The van der Waals surface area contributed by atoms with Crippen LogP contribution in [0.5, 0.6) is 0 Å². The summed E-state index contributed by atoms with van der Waals surface area (Å²) >= 11 is 1.80. The Hall–Kier alpha value is -1.000. The van der Waals surface area contributed by atoms with E-state index in [0.717, 1.165) is 24.3 Å². The molecule has 1 aliphatic heterocycles. The van der Waals surface area contributed by atoms with Crippen LogP contribution in [0.2, 0.25) is 0 Å². The second-order valence-corrected chi connectivity index (χ2v) is 6.77. The van der Waals surface area contributed by atoms with Crippen molar-refractivity contribution in [2.45, 2.75) is 44.2 Å². The molecule has 110 valence electrons. The normalized spacial score (nSPS) is 19.3. The van der Waals surface area contributed by atoms with Gasteiger partial charge in [-0.1, -0.05) is 30.3 Å². The van der Waals surface area contributed by atoms with Crippen molar-refractivity contribution in [3.63, 3.8) is 0 Å². The van der Waals surface area contributed by atoms with E-state index in [1.54, 1.807) is 11.8 Å². The second kappa shape index (κ2) is 7.14. The number of rotatable bonds is 5. The first-order chi connectivity index (χ1) is 9.60. The van der Waals surface area contributed by atoms with Gasteiger partial charge in [0.05, 0.1) is 0 Å². The summed E-state index contributed by atoms with van der Waals surface area (Å²) in [6.45, 7) is 2.00. The number of aryl methyl sites for hydroxylation is 1. The Morgan fingerprint density at radius 1 is 1.35 bits per heavy atom. The standard InChI is InChI=1S/C16H23NO2S/c1-13(7-8-14-5-3-2-4-6-14)17-15(18)16(19)9-11-20-12-10-16/h2-6,13,19H,7-12H2,1H3,(H,17,18). The highest BCUT2D eigenvalue weighted by Crippen LogP contribution is 2.27. The Kier molecular flexibility index (Phi) is 5.49. The highest BCUT2D eigenvalue weighted by molar-refractivity contribution is 7.99. The lowest BCUT2D eigenvalue weighted by atomic mass is 9.95. The van der Waals surface area contributed by atoms with Crippen LogP contribution in [-0.2, 0) is 11.2 Å². The first-order valence-corrected chi connectivity index (χ1v) is 8.41. The number of hydrogen-bond acceptors (Lipinski definition) is 3. The fourth-order valence-electron chi connectivity index (χ4n) is 2.39. The van der Waals surface area contributed by atoms with Gasteiger partial charge in [0.1, 0.15) is 5.60 Å². The van der Waals surface area contributed by atoms with E-state index < -0.39 is 5.60 Å². The molecule has 1 unspecified atom stereocenters. The maximum Gasteiger partial charge on any atom is 0.252 e. The van der Waals surface area contributed by atoms with Crippen LogP contribution in [0.15, 0.2) is 30.3 Å². The minimum Gasteiger partial charge on any atom is -0.380 e. The number of hydrogen-bond donors (Lipinski definition) is 2. The molecule has 2 rings (SSSR count). The third-order valence-electron chi connectivity index (χ3n) is 3.83. The summed E-state index contributed by atoms with van der Waals surface area (Å²) in [5.41, 5.74) is 0.132. The Morgan fingerprint density at radius 2 is 2.00 bits per heavy atom. The molecule has 0 bridgehead atoms. The first-order valence-electron chi connectivity index (χ1n) is 7.25. The van der Waals surface area contributed by atoms with Gasteiger partial charge < -0.3 is 10.4 Å². The maximum absolute atomic E-state index is 12.2. The second-order valence-electron chi connectivity index (χ2n) is 5.54. The topological polar surface area (TPSA) is 49.3 Å². The molecule has 0 saturated carbocycles. The van der Waals surface area contributed by atoms with Crippen LogP contribution in [0.3, 0.4) is 0 Å². The molecule has 20 heavy (non-hydrogen) atoms.